The summed E-state index contributed by atoms with van der Waals surface area (Å²) in [6.45, 7) is 0. The number of hydrogen-bond acceptors (Lipinski definition) is 1. The molecule has 1 radical (unpaired) electrons. The third-order valence-corrected chi connectivity index (χ3v) is 2.89. The minimum atomic E-state index is 1.13. The van der Waals surface area contributed by atoms with E-state index in [4.69, 9.17) is 0 Å². The summed E-state index contributed by atoms with van der Waals surface area (Å²) in [5, 5.41) is 3.11. The van der Waals surface area contributed by atoms with E-state index in [1.807, 2.05) is 6.07 Å². The van der Waals surface area contributed by atoms with Gasteiger partial charge in [-0.25, -0.2) is 0 Å². The van der Waals surface area contributed by atoms with Crippen molar-refractivity contribution < 1.29 is 0 Å². The number of rotatable bonds is 3. The van der Waals surface area contributed by atoms with Crippen molar-refractivity contribution in [3.63, 3.8) is 0 Å². The highest BCUT2D eigenvalue weighted by Gasteiger charge is 1.95. The normalized spacial score (nSPS) is 10.2. The number of thiophene rings is 1. The van der Waals surface area contributed by atoms with Crippen LogP contribution < -0.4 is 0 Å². The maximum absolute atomic E-state index is 3.11. The molecule has 1 heteroatoms. The van der Waals surface area contributed by atoms with Crippen LogP contribution in [0.2, 0.25) is 0 Å². The van der Waals surface area contributed by atoms with E-state index >= 15 is 0 Å². The van der Waals surface area contributed by atoms with Crippen molar-refractivity contribution in [1.82, 2.24) is 0 Å². The lowest BCUT2D eigenvalue weighted by Crippen LogP contribution is -1.87. The van der Waals surface area contributed by atoms with Gasteiger partial charge in [0.15, 0.2) is 0 Å². The van der Waals surface area contributed by atoms with Gasteiger partial charge in [0.05, 0.1) is 0 Å². The van der Waals surface area contributed by atoms with E-state index in [2.05, 4.69) is 41.8 Å². The Morgan fingerprint density at radius 2 is 1.85 bits per heavy atom. The van der Waals surface area contributed by atoms with Gasteiger partial charge in [-0.3, -0.25) is 0 Å². The van der Waals surface area contributed by atoms with Gasteiger partial charge in [-0.05, 0) is 30.5 Å². The molecule has 1 aromatic carbocycles. The van der Waals surface area contributed by atoms with Crippen LogP contribution in [0.5, 0.6) is 0 Å². The molecule has 0 nitrogen and oxygen atoms in total. The number of hydrogen-bond donors (Lipinski definition) is 0. The summed E-state index contributed by atoms with van der Waals surface area (Å²) in [5.41, 5.74) is 1.41. The highest BCUT2D eigenvalue weighted by molar-refractivity contribution is 7.09. The van der Waals surface area contributed by atoms with Crippen LogP contribution in [0.15, 0.2) is 42.5 Å². The molecule has 0 saturated heterocycles. The van der Waals surface area contributed by atoms with Crippen LogP contribution in [-0.2, 0) is 12.8 Å². The molecular weight excluding hydrogens is 176 g/mol. The van der Waals surface area contributed by atoms with Crippen LogP contribution >= 0.6 is 11.3 Å². The zero-order valence-corrected chi connectivity index (χ0v) is 8.18. The molecule has 1 heterocycles. The fraction of sp³-hybridized carbons (Fsp3) is 0.167. The van der Waals surface area contributed by atoms with Gasteiger partial charge < -0.3 is 0 Å². The van der Waals surface area contributed by atoms with Gasteiger partial charge >= 0.3 is 0 Å². The Bertz CT molecular complexity index is 335. The van der Waals surface area contributed by atoms with Crippen molar-refractivity contribution in [3.8, 4) is 0 Å². The van der Waals surface area contributed by atoms with E-state index in [0.29, 0.717) is 0 Å². The standard InChI is InChI=1S/C12H11S/c1-2-5-11(6-3-1)8-9-12-7-4-10-13-12/h1-7H,8-9H2. The Hall–Kier alpha value is -1.08. The van der Waals surface area contributed by atoms with Crippen LogP contribution in [0.25, 0.3) is 0 Å². The van der Waals surface area contributed by atoms with Crippen molar-refractivity contribution in [1.29, 1.82) is 0 Å². The summed E-state index contributed by atoms with van der Waals surface area (Å²) in [6, 6.07) is 14.7. The van der Waals surface area contributed by atoms with Gasteiger partial charge in [0.1, 0.15) is 0 Å². The van der Waals surface area contributed by atoms with Gasteiger partial charge in [0, 0.05) is 10.3 Å². The largest absolute Gasteiger partial charge is 0.139 e. The molecule has 0 amide bonds. The van der Waals surface area contributed by atoms with E-state index < -0.39 is 0 Å². The van der Waals surface area contributed by atoms with Crippen LogP contribution in [0.4, 0.5) is 0 Å². The van der Waals surface area contributed by atoms with Crippen molar-refractivity contribution in [2.75, 3.05) is 0 Å². The third-order valence-electron chi connectivity index (χ3n) is 2.03. The third kappa shape index (κ3) is 2.43. The lowest BCUT2D eigenvalue weighted by atomic mass is 10.1. The molecular formula is C12H11S. The first-order valence-electron chi connectivity index (χ1n) is 4.44. The first-order chi connectivity index (χ1) is 6.45. The summed E-state index contributed by atoms with van der Waals surface area (Å²) in [6.07, 6.45) is 2.27. The maximum Gasteiger partial charge on any atom is 0.0445 e. The van der Waals surface area contributed by atoms with Crippen LogP contribution in [-0.4, -0.2) is 0 Å². The molecule has 1 aromatic heterocycles. The Morgan fingerprint density at radius 1 is 1.00 bits per heavy atom. The van der Waals surface area contributed by atoms with Gasteiger partial charge in [0.25, 0.3) is 0 Å². The van der Waals surface area contributed by atoms with Crippen LogP contribution in [0.3, 0.4) is 0 Å². The lowest BCUT2D eigenvalue weighted by molar-refractivity contribution is 0.981. The summed E-state index contributed by atoms with van der Waals surface area (Å²) >= 11 is 1.72. The average Bonchev–Trinajstić information content (AvgIpc) is 2.69. The fourth-order valence-electron chi connectivity index (χ4n) is 1.32. The first-order valence-corrected chi connectivity index (χ1v) is 5.25. The average molecular weight is 187 g/mol. The molecule has 0 unspecified atom stereocenters. The van der Waals surface area contributed by atoms with E-state index in [9.17, 15) is 0 Å². The Labute approximate surface area is 82.9 Å². The second kappa shape index (κ2) is 4.24. The molecule has 0 fully saturated rings. The molecule has 65 valence electrons. The summed E-state index contributed by atoms with van der Waals surface area (Å²) in [5.74, 6) is 0. The van der Waals surface area contributed by atoms with E-state index in [1.165, 1.54) is 10.4 Å². The smallest absolute Gasteiger partial charge is 0.0445 e. The van der Waals surface area contributed by atoms with Gasteiger partial charge in [-0.15, -0.1) is 11.3 Å². The molecule has 0 bridgehead atoms. The highest BCUT2D eigenvalue weighted by Crippen LogP contribution is 2.11. The van der Waals surface area contributed by atoms with E-state index in [0.717, 1.165) is 12.8 Å². The Balaban J connectivity index is 1.94. The lowest BCUT2D eigenvalue weighted by Gasteiger charge is -1.97. The van der Waals surface area contributed by atoms with Crippen molar-refractivity contribution >= 4 is 11.3 Å². The first kappa shape index (κ1) is 8.52. The Morgan fingerprint density at radius 3 is 2.54 bits per heavy atom. The van der Waals surface area contributed by atoms with E-state index in [-0.39, 0.29) is 0 Å². The second-order valence-corrected chi connectivity index (χ2v) is 3.97. The Kier molecular flexibility index (Phi) is 2.78. The molecule has 0 saturated carbocycles. The van der Waals surface area contributed by atoms with Crippen molar-refractivity contribution in [2.45, 2.75) is 12.8 Å². The topological polar surface area (TPSA) is 0 Å². The van der Waals surface area contributed by atoms with Crippen LogP contribution in [0, 0.1) is 5.38 Å². The predicted molar refractivity (Wildman–Crippen MR) is 57.0 cm³/mol. The zero-order valence-electron chi connectivity index (χ0n) is 7.36. The maximum atomic E-state index is 3.11. The minimum Gasteiger partial charge on any atom is -0.139 e. The molecule has 2 aromatic rings. The predicted octanol–water partition coefficient (Wildman–Crippen LogP) is 3.33. The van der Waals surface area contributed by atoms with Crippen molar-refractivity contribution in [3.05, 3.63) is 58.3 Å². The van der Waals surface area contributed by atoms with E-state index in [1.54, 1.807) is 11.3 Å². The van der Waals surface area contributed by atoms with Crippen molar-refractivity contribution in [2.24, 2.45) is 0 Å². The molecule has 2 rings (SSSR count). The number of benzene rings is 1. The summed E-state index contributed by atoms with van der Waals surface area (Å²) in [7, 11) is 0. The highest BCUT2D eigenvalue weighted by atomic mass is 32.1. The molecule has 0 spiro atoms. The molecule has 0 atom stereocenters. The van der Waals surface area contributed by atoms with Crippen LogP contribution in [0.1, 0.15) is 10.4 Å². The number of aryl methyl sites for hydroxylation is 2. The fourth-order valence-corrected chi connectivity index (χ4v) is 1.94. The minimum absolute atomic E-state index is 1.13. The summed E-state index contributed by atoms with van der Waals surface area (Å²) < 4.78 is 0. The molecule has 13 heavy (non-hydrogen) atoms. The molecule has 0 aliphatic carbocycles. The van der Waals surface area contributed by atoms with Gasteiger partial charge in [-0.2, -0.15) is 0 Å². The molecule has 0 aliphatic rings. The molecule has 0 N–H and O–H groups in total. The molecule has 0 aliphatic heterocycles. The monoisotopic (exact) mass is 187 g/mol. The quantitative estimate of drug-likeness (QED) is 0.691. The van der Waals surface area contributed by atoms with Gasteiger partial charge in [-0.1, -0.05) is 30.3 Å². The second-order valence-electron chi connectivity index (χ2n) is 3.01. The SMILES string of the molecule is [c]1ccc(CCc2ccccc2)s1. The zero-order chi connectivity index (χ0) is 8.93. The summed E-state index contributed by atoms with van der Waals surface area (Å²) in [4.78, 5) is 1.42. The van der Waals surface area contributed by atoms with Gasteiger partial charge in [0.2, 0.25) is 0 Å².